The van der Waals surface area contributed by atoms with Crippen molar-refractivity contribution in [3.8, 4) is 0 Å². The summed E-state index contributed by atoms with van der Waals surface area (Å²) >= 11 is 13.3. The number of nitrogens with one attached hydrogen (secondary N) is 1. The first-order valence-electron chi connectivity index (χ1n) is 5.47. The van der Waals surface area contributed by atoms with Gasteiger partial charge in [0.25, 0.3) is 0 Å². The number of benzene rings is 1. The van der Waals surface area contributed by atoms with Crippen LogP contribution in [0.3, 0.4) is 0 Å². The van der Waals surface area contributed by atoms with Gasteiger partial charge in [0.1, 0.15) is 6.04 Å². The summed E-state index contributed by atoms with van der Waals surface area (Å²) < 4.78 is 0. The van der Waals surface area contributed by atoms with Crippen molar-refractivity contribution >= 4 is 40.9 Å². The van der Waals surface area contributed by atoms with Crippen molar-refractivity contribution in [1.29, 1.82) is 0 Å². The molecule has 0 radical (unpaired) electrons. The maximum atomic E-state index is 11.1. The van der Waals surface area contributed by atoms with Crippen molar-refractivity contribution in [3.05, 3.63) is 28.2 Å². The highest BCUT2D eigenvalue weighted by Gasteiger charge is 2.18. The minimum atomic E-state index is -0.866. The first kappa shape index (κ1) is 15.6. The number of thioether (sulfide) groups is 1. The lowest BCUT2D eigenvalue weighted by Crippen LogP contribution is -2.42. The molecule has 0 aliphatic heterocycles. The van der Waals surface area contributed by atoms with Crippen LogP contribution in [0.5, 0.6) is 0 Å². The van der Waals surface area contributed by atoms with Gasteiger partial charge in [0.15, 0.2) is 0 Å². The summed E-state index contributed by atoms with van der Waals surface area (Å²) in [5.41, 5.74) is 0. The molecule has 1 rings (SSSR count). The molecule has 1 aromatic carbocycles. The van der Waals surface area contributed by atoms with Gasteiger partial charge in [-0.1, -0.05) is 37.0 Å². The van der Waals surface area contributed by atoms with Crippen molar-refractivity contribution in [2.45, 2.75) is 30.8 Å². The molecule has 0 spiro atoms. The Kier molecular flexibility index (Phi) is 6.29. The quantitative estimate of drug-likeness (QED) is 0.789. The molecular formula is C12H15Cl2NO2S. The first-order valence-corrected chi connectivity index (χ1v) is 7.21. The molecule has 0 saturated carbocycles. The minimum absolute atomic E-state index is 0.113. The van der Waals surface area contributed by atoms with E-state index in [1.54, 1.807) is 18.2 Å². The molecule has 1 atom stereocenters. The third-order valence-corrected chi connectivity index (χ3v) is 3.96. The lowest BCUT2D eigenvalue weighted by molar-refractivity contribution is -0.139. The number of rotatable bonds is 6. The second-order valence-electron chi connectivity index (χ2n) is 4.10. The van der Waals surface area contributed by atoms with Gasteiger partial charge >= 0.3 is 5.97 Å². The second kappa shape index (κ2) is 7.24. The Bertz CT molecular complexity index is 427. The fourth-order valence-corrected chi connectivity index (χ4v) is 2.87. The van der Waals surface area contributed by atoms with Crippen LogP contribution in [-0.2, 0) is 4.79 Å². The largest absolute Gasteiger partial charge is 0.480 e. The summed E-state index contributed by atoms with van der Waals surface area (Å²) in [6.45, 7) is 3.82. The van der Waals surface area contributed by atoms with Gasteiger partial charge in [0.05, 0.1) is 5.02 Å². The number of hydrogen-bond donors (Lipinski definition) is 2. The van der Waals surface area contributed by atoms with Crippen molar-refractivity contribution < 1.29 is 9.90 Å². The van der Waals surface area contributed by atoms with E-state index in [1.165, 1.54) is 11.8 Å². The van der Waals surface area contributed by atoms with Crippen LogP contribution in [0.4, 0.5) is 0 Å². The lowest BCUT2D eigenvalue weighted by Gasteiger charge is -2.17. The lowest BCUT2D eigenvalue weighted by atomic mass is 10.3. The highest BCUT2D eigenvalue weighted by Crippen LogP contribution is 2.30. The molecule has 0 saturated heterocycles. The normalized spacial score (nSPS) is 12.7. The van der Waals surface area contributed by atoms with Crippen molar-refractivity contribution in [2.75, 3.05) is 5.75 Å². The third-order valence-electron chi connectivity index (χ3n) is 2.13. The Balaban J connectivity index is 2.66. The monoisotopic (exact) mass is 307 g/mol. The number of carboxylic acids is 1. The first-order chi connectivity index (χ1) is 8.40. The van der Waals surface area contributed by atoms with Gasteiger partial charge in [-0.15, -0.1) is 11.8 Å². The van der Waals surface area contributed by atoms with Crippen molar-refractivity contribution in [2.24, 2.45) is 0 Å². The van der Waals surface area contributed by atoms with Crippen LogP contribution < -0.4 is 5.32 Å². The maximum absolute atomic E-state index is 11.1. The summed E-state index contributed by atoms with van der Waals surface area (Å²) in [5, 5.41) is 13.2. The molecule has 1 unspecified atom stereocenters. The molecule has 0 aliphatic rings. The van der Waals surface area contributed by atoms with E-state index in [1.807, 2.05) is 13.8 Å². The second-order valence-corrected chi connectivity index (χ2v) is 6.00. The van der Waals surface area contributed by atoms with Gasteiger partial charge in [-0.05, 0) is 18.2 Å². The smallest absolute Gasteiger partial charge is 0.321 e. The van der Waals surface area contributed by atoms with Crippen LogP contribution in [0.1, 0.15) is 13.8 Å². The molecule has 0 amide bonds. The van der Waals surface area contributed by atoms with Gasteiger partial charge < -0.3 is 10.4 Å². The summed E-state index contributed by atoms with van der Waals surface area (Å²) in [6, 6.07) is 4.65. The average molecular weight is 308 g/mol. The number of halogens is 2. The SMILES string of the molecule is CC(C)NC(CSc1cc(Cl)ccc1Cl)C(=O)O. The summed E-state index contributed by atoms with van der Waals surface area (Å²) in [6.07, 6.45) is 0. The van der Waals surface area contributed by atoms with Gasteiger partial charge in [0, 0.05) is 21.7 Å². The van der Waals surface area contributed by atoms with Gasteiger partial charge in [-0.3, -0.25) is 4.79 Å². The number of carbonyl (C=O) groups is 1. The van der Waals surface area contributed by atoms with Crippen LogP contribution in [0, 0.1) is 0 Å². The standard InChI is InChI=1S/C12H15Cl2NO2S/c1-7(2)15-10(12(16)17)6-18-11-5-8(13)3-4-9(11)14/h3-5,7,10,15H,6H2,1-2H3,(H,16,17). The molecule has 0 bridgehead atoms. The fourth-order valence-electron chi connectivity index (χ4n) is 1.35. The average Bonchev–Trinajstić information content (AvgIpc) is 2.27. The fraction of sp³-hybridized carbons (Fsp3) is 0.417. The van der Waals surface area contributed by atoms with E-state index in [-0.39, 0.29) is 6.04 Å². The molecule has 1 aromatic rings. The van der Waals surface area contributed by atoms with E-state index >= 15 is 0 Å². The van der Waals surface area contributed by atoms with Crippen molar-refractivity contribution in [1.82, 2.24) is 5.32 Å². The van der Waals surface area contributed by atoms with E-state index in [0.717, 1.165) is 4.90 Å². The molecule has 0 fully saturated rings. The van der Waals surface area contributed by atoms with Crippen LogP contribution in [-0.4, -0.2) is 28.9 Å². The van der Waals surface area contributed by atoms with Crippen LogP contribution in [0.15, 0.2) is 23.1 Å². The summed E-state index contributed by atoms with van der Waals surface area (Å²) in [4.78, 5) is 11.9. The van der Waals surface area contributed by atoms with E-state index in [9.17, 15) is 4.79 Å². The van der Waals surface area contributed by atoms with Gasteiger partial charge in [-0.25, -0.2) is 0 Å². The van der Waals surface area contributed by atoms with E-state index in [2.05, 4.69) is 5.32 Å². The zero-order valence-corrected chi connectivity index (χ0v) is 12.4. The Labute approximate surface area is 121 Å². The maximum Gasteiger partial charge on any atom is 0.321 e. The Hall–Kier alpha value is -0.420. The molecule has 6 heteroatoms. The summed E-state index contributed by atoms with van der Waals surface area (Å²) in [7, 11) is 0. The molecule has 100 valence electrons. The Morgan fingerprint density at radius 2 is 2.11 bits per heavy atom. The molecule has 0 heterocycles. The summed E-state index contributed by atoms with van der Waals surface area (Å²) in [5.74, 6) is -0.470. The topological polar surface area (TPSA) is 49.3 Å². The zero-order chi connectivity index (χ0) is 13.7. The Morgan fingerprint density at radius 1 is 1.44 bits per heavy atom. The van der Waals surface area contributed by atoms with Crippen LogP contribution in [0.25, 0.3) is 0 Å². The zero-order valence-electron chi connectivity index (χ0n) is 10.1. The number of carboxylic acid groups (broad SMARTS) is 1. The predicted octanol–water partition coefficient (Wildman–Crippen LogP) is 3.54. The van der Waals surface area contributed by atoms with Crippen LogP contribution >= 0.6 is 35.0 Å². The molecule has 18 heavy (non-hydrogen) atoms. The molecule has 0 aliphatic carbocycles. The minimum Gasteiger partial charge on any atom is -0.480 e. The highest BCUT2D eigenvalue weighted by atomic mass is 35.5. The number of aliphatic carboxylic acids is 1. The predicted molar refractivity (Wildman–Crippen MR) is 76.9 cm³/mol. The van der Waals surface area contributed by atoms with Gasteiger partial charge in [-0.2, -0.15) is 0 Å². The molecule has 3 nitrogen and oxygen atoms in total. The molecule has 2 N–H and O–H groups in total. The van der Waals surface area contributed by atoms with E-state index in [0.29, 0.717) is 15.8 Å². The number of hydrogen-bond acceptors (Lipinski definition) is 3. The van der Waals surface area contributed by atoms with Crippen molar-refractivity contribution in [3.63, 3.8) is 0 Å². The van der Waals surface area contributed by atoms with Gasteiger partial charge in [0.2, 0.25) is 0 Å². The van der Waals surface area contributed by atoms with Crippen LogP contribution in [0.2, 0.25) is 10.0 Å². The molecular weight excluding hydrogens is 293 g/mol. The van der Waals surface area contributed by atoms with E-state index < -0.39 is 12.0 Å². The van der Waals surface area contributed by atoms with E-state index in [4.69, 9.17) is 28.3 Å². The third kappa shape index (κ3) is 5.06. The Morgan fingerprint density at radius 3 is 2.67 bits per heavy atom. The highest BCUT2D eigenvalue weighted by molar-refractivity contribution is 7.99. The molecule has 0 aromatic heterocycles.